The maximum absolute atomic E-state index is 12.7. The van der Waals surface area contributed by atoms with E-state index in [1.165, 1.54) is 18.4 Å². The molecule has 1 aromatic heterocycles. The number of hydrogen-bond donors (Lipinski definition) is 0. The second-order valence-corrected chi connectivity index (χ2v) is 7.46. The molecule has 0 spiro atoms. The lowest BCUT2D eigenvalue weighted by molar-refractivity contribution is -0.145. The molecule has 0 aliphatic carbocycles. The van der Waals surface area contributed by atoms with Gasteiger partial charge in [0.15, 0.2) is 0 Å². The maximum atomic E-state index is 12.7. The van der Waals surface area contributed by atoms with Crippen molar-refractivity contribution in [2.24, 2.45) is 0 Å². The molecule has 7 heteroatoms. The predicted molar refractivity (Wildman–Crippen MR) is 95.8 cm³/mol. The van der Waals surface area contributed by atoms with Gasteiger partial charge >= 0.3 is 5.97 Å². The Morgan fingerprint density at radius 1 is 1.21 bits per heavy atom. The molecular formula is C17H15Cl2NO3S. The van der Waals surface area contributed by atoms with Gasteiger partial charge in [-0.25, -0.2) is 4.79 Å². The van der Waals surface area contributed by atoms with Crippen molar-refractivity contribution in [2.45, 2.75) is 18.9 Å². The highest BCUT2D eigenvalue weighted by molar-refractivity contribution is 7.17. The fourth-order valence-corrected chi connectivity index (χ4v) is 4.31. The zero-order chi connectivity index (χ0) is 17.3. The van der Waals surface area contributed by atoms with E-state index in [1.807, 2.05) is 6.07 Å². The zero-order valence-electron chi connectivity index (χ0n) is 12.9. The molecule has 24 heavy (non-hydrogen) atoms. The van der Waals surface area contributed by atoms with Gasteiger partial charge in [0.2, 0.25) is 0 Å². The summed E-state index contributed by atoms with van der Waals surface area (Å²) >= 11 is 13.4. The molecule has 1 saturated heterocycles. The Hall–Kier alpha value is -1.56. The zero-order valence-corrected chi connectivity index (χ0v) is 15.2. The number of carbonyl (C=O) groups excluding carboxylic acids is 2. The summed E-state index contributed by atoms with van der Waals surface area (Å²) in [6, 6.07) is 8.42. The second-order valence-electron chi connectivity index (χ2n) is 5.50. The minimum Gasteiger partial charge on any atom is -0.467 e. The first-order chi connectivity index (χ1) is 11.5. The van der Waals surface area contributed by atoms with Gasteiger partial charge in [-0.2, -0.15) is 0 Å². The highest BCUT2D eigenvalue weighted by Gasteiger charge is 2.35. The highest BCUT2D eigenvalue weighted by atomic mass is 35.5. The predicted octanol–water partition coefficient (Wildman–Crippen LogP) is 4.50. The van der Waals surface area contributed by atoms with Crippen LogP contribution in [0.15, 0.2) is 30.3 Å². The van der Waals surface area contributed by atoms with Crippen molar-refractivity contribution in [3.8, 4) is 10.4 Å². The van der Waals surface area contributed by atoms with Crippen LogP contribution in [0.2, 0.25) is 10.0 Å². The molecule has 2 aromatic rings. The quantitative estimate of drug-likeness (QED) is 0.732. The number of ether oxygens (including phenoxy) is 1. The molecule has 126 valence electrons. The van der Waals surface area contributed by atoms with Crippen LogP contribution in [0.4, 0.5) is 0 Å². The van der Waals surface area contributed by atoms with Crippen LogP contribution < -0.4 is 0 Å². The molecule has 1 aliphatic rings. The van der Waals surface area contributed by atoms with Gasteiger partial charge in [-0.05, 0) is 48.7 Å². The number of rotatable bonds is 3. The van der Waals surface area contributed by atoms with Gasteiger partial charge in [0.1, 0.15) is 6.04 Å². The van der Waals surface area contributed by atoms with Crippen molar-refractivity contribution in [3.63, 3.8) is 0 Å². The summed E-state index contributed by atoms with van der Waals surface area (Å²) in [5.74, 6) is -0.508. The molecular weight excluding hydrogens is 369 g/mol. The van der Waals surface area contributed by atoms with E-state index >= 15 is 0 Å². The number of carbonyl (C=O) groups is 2. The first kappa shape index (κ1) is 17.3. The van der Waals surface area contributed by atoms with Gasteiger partial charge in [-0.3, -0.25) is 4.79 Å². The molecule has 4 nitrogen and oxygen atoms in total. The monoisotopic (exact) mass is 383 g/mol. The number of esters is 1. The van der Waals surface area contributed by atoms with E-state index in [4.69, 9.17) is 27.9 Å². The van der Waals surface area contributed by atoms with Gasteiger partial charge in [-0.1, -0.05) is 23.2 Å². The van der Waals surface area contributed by atoms with Gasteiger partial charge < -0.3 is 9.64 Å². The minimum atomic E-state index is -0.492. The van der Waals surface area contributed by atoms with Crippen molar-refractivity contribution >= 4 is 46.4 Å². The summed E-state index contributed by atoms with van der Waals surface area (Å²) in [6.45, 7) is 0.564. The standard InChI is InChI=1S/C17H15Cl2NO3S/c1-23-17(22)13-3-2-6-20(13)16(21)15-5-4-14(24-15)10-7-11(18)9-12(19)8-10/h4-5,7-9,13H,2-3,6H2,1H3. The molecule has 2 heterocycles. The van der Waals surface area contributed by atoms with Crippen molar-refractivity contribution in [1.29, 1.82) is 0 Å². The number of halogens is 2. The van der Waals surface area contributed by atoms with Crippen LogP contribution in [0.3, 0.4) is 0 Å². The van der Waals surface area contributed by atoms with E-state index < -0.39 is 6.04 Å². The van der Waals surface area contributed by atoms with Gasteiger partial charge in [-0.15, -0.1) is 11.3 Å². The SMILES string of the molecule is COC(=O)C1CCCN1C(=O)c1ccc(-c2cc(Cl)cc(Cl)c2)s1. The molecule has 1 amide bonds. The summed E-state index contributed by atoms with van der Waals surface area (Å²) < 4.78 is 4.79. The summed E-state index contributed by atoms with van der Waals surface area (Å²) in [7, 11) is 1.34. The van der Waals surface area contributed by atoms with Crippen molar-refractivity contribution in [2.75, 3.05) is 13.7 Å². The lowest BCUT2D eigenvalue weighted by Gasteiger charge is -2.21. The molecule has 0 bridgehead atoms. The van der Waals surface area contributed by atoms with E-state index in [2.05, 4.69) is 0 Å². The third-order valence-electron chi connectivity index (χ3n) is 3.95. The van der Waals surface area contributed by atoms with Crippen LogP contribution in [0.25, 0.3) is 10.4 Å². The number of benzene rings is 1. The number of likely N-dealkylation sites (tertiary alicyclic amines) is 1. The molecule has 1 aliphatic heterocycles. The fraction of sp³-hybridized carbons (Fsp3) is 0.294. The average molecular weight is 384 g/mol. The number of nitrogens with zero attached hydrogens (tertiary/aromatic N) is 1. The van der Waals surface area contributed by atoms with Crippen LogP contribution in [-0.2, 0) is 9.53 Å². The van der Waals surface area contributed by atoms with E-state index in [-0.39, 0.29) is 11.9 Å². The Kier molecular flexibility index (Phi) is 5.13. The normalized spacial score (nSPS) is 17.1. The van der Waals surface area contributed by atoms with Crippen molar-refractivity contribution < 1.29 is 14.3 Å². The summed E-state index contributed by atoms with van der Waals surface area (Å²) in [5, 5.41) is 1.09. The maximum Gasteiger partial charge on any atom is 0.328 e. The first-order valence-corrected chi connectivity index (χ1v) is 9.02. The third kappa shape index (κ3) is 3.43. The van der Waals surface area contributed by atoms with E-state index in [1.54, 1.807) is 29.2 Å². The van der Waals surface area contributed by atoms with Gasteiger partial charge in [0.05, 0.1) is 12.0 Å². The van der Waals surface area contributed by atoms with Gasteiger partial charge in [0, 0.05) is 21.5 Å². The highest BCUT2D eigenvalue weighted by Crippen LogP contribution is 2.33. The summed E-state index contributed by atoms with van der Waals surface area (Å²) in [5.41, 5.74) is 0.863. The van der Waals surface area contributed by atoms with Crippen LogP contribution >= 0.6 is 34.5 Å². The molecule has 0 radical (unpaired) electrons. The van der Waals surface area contributed by atoms with E-state index in [0.717, 1.165) is 16.9 Å². The summed E-state index contributed by atoms with van der Waals surface area (Å²) in [4.78, 5) is 27.6. The van der Waals surface area contributed by atoms with Crippen molar-refractivity contribution in [3.05, 3.63) is 45.3 Å². The number of amides is 1. The number of hydrogen-bond acceptors (Lipinski definition) is 4. The molecule has 3 rings (SSSR count). The topological polar surface area (TPSA) is 46.6 Å². The Bertz CT molecular complexity index is 770. The van der Waals surface area contributed by atoms with Crippen LogP contribution in [-0.4, -0.2) is 36.5 Å². The Labute approximate surface area is 153 Å². The molecule has 1 unspecified atom stereocenters. The summed E-state index contributed by atoms with van der Waals surface area (Å²) in [6.07, 6.45) is 1.44. The van der Waals surface area contributed by atoms with Crippen LogP contribution in [0.5, 0.6) is 0 Å². The lowest BCUT2D eigenvalue weighted by Crippen LogP contribution is -2.40. The smallest absolute Gasteiger partial charge is 0.328 e. The fourth-order valence-electron chi connectivity index (χ4n) is 2.84. The van der Waals surface area contributed by atoms with Crippen LogP contribution in [0.1, 0.15) is 22.5 Å². The minimum absolute atomic E-state index is 0.146. The Balaban J connectivity index is 1.85. The Morgan fingerprint density at radius 2 is 1.92 bits per heavy atom. The van der Waals surface area contributed by atoms with Gasteiger partial charge in [0.25, 0.3) is 5.91 Å². The largest absolute Gasteiger partial charge is 0.467 e. The second kappa shape index (κ2) is 7.13. The van der Waals surface area contributed by atoms with Crippen LogP contribution in [0, 0.1) is 0 Å². The molecule has 1 atom stereocenters. The Morgan fingerprint density at radius 3 is 2.58 bits per heavy atom. The molecule has 0 saturated carbocycles. The van der Waals surface area contributed by atoms with E-state index in [0.29, 0.717) is 27.9 Å². The lowest BCUT2D eigenvalue weighted by atomic mass is 10.2. The van der Waals surface area contributed by atoms with E-state index in [9.17, 15) is 9.59 Å². The van der Waals surface area contributed by atoms with Crippen molar-refractivity contribution in [1.82, 2.24) is 4.90 Å². The number of methoxy groups -OCH3 is 1. The first-order valence-electron chi connectivity index (χ1n) is 7.44. The molecule has 0 N–H and O–H groups in total. The molecule has 1 fully saturated rings. The third-order valence-corrected chi connectivity index (χ3v) is 5.51. The average Bonchev–Trinajstić information content (AvgIpc) is 3.22. The number of thiophene rings is 1. The molecule has 1 aromatic carbocycles.